The Hall–Kier alpha value is -4.07. The van der Waals surface area contributed by atoms with E-state index >= 15 is 0 Å². The van der Waals surface area contributed by atoms with Crippen molar-refractivity contribution in [1.82, 2.24) is 15.0 Å². The van der Waals surface area contributed by atoms with Gasteiger partial charge in [0, 0.05) is 23.6 Å². The van der Waals surface area contributed by atoms with E-state index in [1.165, 1.54) is 14.2 Å². The number of hydrogen-bond donors (Lipinski definition) is 2. The van der Waals surface area contributed by atoms with E-state index in [9.17, 15) is 9.90 Å². The van der Waals surface area contributed by atoms with Gasteiger partial charge in [0.1, 0.15) is 11.0 Å². The van der Waals surface area contributed by atoms with Crippen LogP contribution >= 0.6 is 0 Å². The van der Waals surface area contributed by atoms with Crippen LogP contribution < -0.4 is 14.8 Å². The Morgan fingerprint density at radius 2 is 1.74 bits per heavy atom. The van der Waals surface area contributed by atoms with Crippen LogP contribution in [-0.2, 0) is 4.79 Å². The van der Waals surface area contributed by atoms with Gasteiger partial charge in [-0.25, -0.2) is 0 Å². The number of amides is 1. The molecule has 0 fully saturated rings. The number of para-hydroxylation sites is 1. The highest BCUT2D eigenvalue weighted by Gasteiger charge is 2.31. The number of benzene rings is 3. The number of rotatable bonds is 4. The van der Waals surface area contributed by atoms with Crippen molar-refractivity contribution in [3.63, 3.8) is 0 Å². The number of carbonyl (C=O) groups excluding carboxylic acids is 1. The van der Waals surface area contributed by atoms with Crippen molar-refractivity contribution in [3.8, 4) is 22.9 Å². The van der Waals surface area contributed by atoms with Crippen LogP contribution in [0.1, 0.15) is 23.5 Å². The minimum atomic E-state index is -0.309. The van der Waals surface area contributed by atoms with Gasteiger partial charge in [0.25, 0.3) is 0 Å². The number of methoxy groups -OCH3 is 2. The number of fused-ring (bicyclic) bond motifs is 3. The average Bonchev–Trinajstić information content (AvgIpc) is 3.23. The maximum atomic E-state index is 12.5. The van der Waals surface area contributed by atoms with Gasteiger partial charge in [-0.1, -0.05) is 18.2 Å². The molecule has 31 heavy (non-hydrogen) atoms. The summed E-state index contributed by atoms with van der Waals surface area (Å²) < 4.78 is 10.6. The lowest BCUT2D eigenvalue weighted by Crippen LogP contribution is -2.24. The highest BCUT2D eigenvalue weighted by atomic mass is 16.5. The summed E-state index contributed by atoms with van der Waals surface area (Å²) in [5.41, 5.74) is 4.62. The van der Waals surface area contributed by atoms with Crippen LogP contribution in [0.2, 0.25) is 0 Å². The molecular formula is C23H20N4O4. The maximum absolute atomic E-state index is 12.5. The zero-order valence-electron chi connectivity index (χ0n) is 17.0. The summed E-state index contributed by atoms with van der Waals surface area (Å²) in [5, 5.41) is 22.6. The SMILES string of the molecule is COc1cc([C@H]2CC(=O)Nc3ccc4nn(-c5ccccc5)nc4c32)cc(OC)c1O. The smallest absolute Gasteiger partial charge is 0.225 e. The molecule has 156 valence electrons. The molecular weight excluding hydrogens is 396 g/mol. The predicted octanol–water partition coefficient (Wildman–Crippen LogP) is 3.62. The lowest BCUT2D eigenvalue weighted by molar-refractivity contribution is -0.116. The molecule has 0 aliphatic carbocycles. The van der Waals surface area contributed by atoms with Gasteiger partial charge in [0.2, 0.25) is 11.7 Å². The van der Waals surface area contributed by atoms with Gasteiger partial charge < -0.3 is 19.9 Å². The van der Waals surface area contributed by atoms with Gasteiger partial charge in [0.15, 0.2) is 11.5 Å². The Labute approximate surface area is 178 Å². The summed E-state index contributed by atoms with van der Waals surface area (Å²) in [7, 11) is 2.95. The van der Waals surface area contributed by atoms with E-state index in [0.29, 0.717) is 11.2 Å². The normalized spacial score (nSPS) is 15.4. The highest BCUT2D eigenvalue weighted by molar-refractivity contribution is 6.00. The first-order valence-corrected chi connectivity index (χ1v) is 9.79. The number of anilines is 1. The molecule has 0 radical (unpaired) electrons. The number of hydrogen-bond acceptors (Lipinski definition) is 6. The standard InChI is InChI=1S/C23H20N4O4/c1-30-18-10-13(11-19(31-2)23(18)29)15-12-20(28)24-16-8-9-17-22(21(15)16)26-27(25-17)14-6-4-3-5-7-14/h3-11,15,29H,12H2,1-2H3,(H,24,28)/t15-/m1/s1. The van der Waals surface area contributed by atoms with Crippen LogP contribution in [0.25, 0.3) is 16.7 Å². The number of aromatic nitrogens is 3. The molecule has 1 amide bonds. The largest absolute Gasteiger partial charge is 0.502 e. The van der Waals surface area contributed by atoms with Crippen LogP contribution in [-0.4, -0.2) is 40.2 Å². The predicted molar refractivity (Wildman–Crippen MR) is 115 cm³/mol. The third-order valence-corrected chi connectivity index (χ3v) is 5.50. The zero-order valence-corrected chi connectivity index (χ0v) is 17.0. The van der Waals surface area contributed by atoms with Crippen LogP contribution in [0.5, 0.6) is 17.2 Å². The van der Waals surface area contributed by atoms with E-state index in [-0.39, 0.29) is 35.5 Å². The van der Waals surface area contributed by atoms with Gasteiger partial charge in [-0.05, 0) is 42.0 Å². The lowest BCUT2D eigenvalue weighted by Gasteiger charge is -2.26. The summed E-state index contributed by atoms with van der Waals surface area (Å²) >= 11 is 0. The molecule has 0 saturated heterocycles. The van der Waals surface area contributed by atoms with E-state index in [4.69, 9.17) is 14.6 Å². The molecule has 1 aliphatic rings. The average molecular weight is 416 g/mol. The van der Waals surface area contributed by atoms with Crippen molar-refractivity contribution in [2.45, 2.75) is 12.3 Å². The van der Waals surface area contributed by atoms with Gasteiger partial charge in [-0.2, -0.15) is 4.80 Å². The van der Waals surface area contributed by atoms with Crippen LogP contribution in [0, 0.1) is 0 Å². The minimum absolute atomic E-state index is 0.0811. The Morgan fingerprint density at radius 3 is 2.42 bits per heavy atom. The molecule has 1 atom stereocenters. The number of nitrogens with zero attached hydrogens (tertiary/aromatic N) is 3. The molecule has 1 aromatic heterocycles. The fourth-order valence-corrected chi connectivity index (χ4v) is 4.03. The third kappa shape index (κ3) is 3.13. The Morgan fingerprint density at radius 1 is 1.03 bits per heavy atom. The number of aromatic hydroxyl groups is 1. The Kier molecular flexibility index (Phi) is 4.47. The fraction of sp³-hybridized carbons (Fsp3) is 0.174. The van der Waals surface area contributed by atoms with Crippen molar-refractivity contribution < 1.29 is 19.4 Å². The van der Waals surface area contributed by atoms with Crippen molar-refractivity contribution in [1.29, 1.82) is 0 Å². The third-order valence-electron chi connectivity index (χ3n) is 5.50. The summed E-state index contributed by atoms with van der Waals surface area (Å²) in [4.78, 5) is 14.1. The van der Waals surface area contributed by atoms with Crippen molar-refractivity contribution in [3.05, 3.63) is 65.7 Å². The minimum Gasteiger partial charge on any atom is -0.502 e. The molecule has 0 unspecified atom stereocenters. The number of nitrogens with one attached hydrogen (secondary N) is 1. The van der Waals surface area contributed by atoms with E-state index < -0.39 is 0 Å². The molecule has 8 nitrogen and oxygen atoms in total. The van der Waals surface area contributed by atoms with Crippen molar-refractivity contribution in [2.24, 2.45) is 0 Å². The monoisotopic (exact) mass is 416 g/mol. The van der Waals surface area contributed by atoms with Gasteiger partial charge in [-0.3, -0.25) is 4.79 Å². The molecule has 8 heteroatoms. The number of ether oxygens (including phenoxy) is 2. The first-order chi connectivity index (χ1) is 15.1. The second-order valence-corrected chi connectivity index (χ2v) is 7.30. The zero-order chi connectivity index (χ0) is 21.5. The molecule has 0 bridgehead atoms. The van der Waals surface area contributed by atoms with Crippen molar-refractivity contribution >= 4 is 22.6 Å². The summed E-state index contributed by atoms with van der Waals surface area (Å²) in [6.07, 6.45) is 0.224. The van der Waals surface area contributed by atoms with Gasteiger partial charge in [-0.15, -0.1) is 10.2 Å². The second kappa shape index (κ2) is 7.32. The topological polar surface area (TPSA) is 98.5 Å². The molecule has 0 saturated carbocycles. The van der Waals surface area contributed by atoms with Crippen LogP contribution in [0.15, 0.2) is 54.6 Å². The fourth-order valence-electron chi connectivity index (χ4n) is 4.03. The van der Waals surface area contributed by atoms with E-state index in [2.05, 4.69) is 10.4 Å². The van der Waals surface area contributed by atoms with E-state index in [0.717, 1.165) is 22.3 Å². The van der Waals surface area contributed by atoms with Gasteiger partial charge >= 0.3 is 0 Å². The first kappa shape index (κ1) is 18.9. The maximum Gasteiger partial charge on any atom is 0.225 e. The molecule has 3 aromatic carbocycles. The molecule has 2 N–H and O–H groups in total. The molecule has 2 heterocycles. The molecule has 1 aliphatic heterocycles. The molecule has 5 rings (SSSR count). The number of carbonyl (C=O) groups is 1. The number of phenols is 1. The lowest BCUT2D eigenvalue weighted by atomic mass is 9.83. The van der Waals surface area contributed by atoms with Crippen molar-refractivity contribution in [2.75, 3.05) is 19.5 Å². The van der Waals surface area contributed by atoms with Crippen LogP contribution in [0.4, 0.5) is 5.69 Å². The molecule has 0 spiro atoms. The summed E-state index contributed by atoms with van der Waals surface area (Å²) in [6, 6.07) is 16.8. The Balaban J connectivity index is 1.72. The van der Waals surface area contributed by atoms with Gasteiger partial charge in [0.05, 0.1) is 19.9 Å². The Bertz CT molecular complexity index is 1270. The van der Waals surface area contributed by atoms with E-state index in [1.807, 2.05) is 42.5 Å². The second-order valence-electron chi connectivity index (χ2n) is 7.30. The summed E-state index contributed by atoms with van der Waals surface area (Å²) in [5.74, 6) is 0.0709. The first-order valence-electron chi connectivity index (χ1n) is 9.79. The highest BCUT2D eigenvalue weighted by Crippen LogP contribution is 2.45. The molecule has 4 aromatic rings. The number of phenolic OH excluding ortho intramolecular Hbond substituents is 1. The summed E-state index contributed by atoms with van der Waals surface area (Å²) in [6.45, 7) is 0. The quantitative estimate of drug-likeness (QED) is 0.527. The van der Waals surface area contributed by atoms with E-state index in [1.54, 1.807) is 16.9 Å². The van der Waals surface area contributed by atoms with Crippen LogP contribution in [0.3, 0.4) is 0 Å².